The van der Waals surface area contributed by atoms with E-state index in [0.29, 0.717) is 12.6 Å². The number of esters is 1. The summed E-state index contributed by atoms with van der Waals surface area (Å²) in [7, 11) is 0. The molecule has 1 aromatic rings. The monoisotopic (exact) mass is 291 g/mol. The van der Waals surface area contributed by atoms with Gasteiger partial charge >= 0.3 is 5.97 Å². The zero-order valence-corrected chi connectivity index (χ0v) is 13.4. The van der Waals surface area contributed by atoms with Crippen LogP contribution in [-0.4, -0.2) is 24.7 Å². The van der Waals surface area contributed by atoms with E-state index in [1.165, 1.54) is 18.4 Å². The number of ether oxygens (including phenoxy) is 2. The molecule has 0 amide bonds. The first-order chi connectivity index (χ1) is 10.0. The lowest BCUT2D eigenvalue weighted by atomic mass is 10.1. The Kier molecular flexibility index (Phi) is 5.23. The van der Waals surface area contributed by atoms with Crippen LogP contribution in [0.15, 0.2) is 12.1 Å². The van der Waals surface area contributed by atoms with E-state index in [1.54, 1.807) is 13.8 Å². The number of aryl methyl sites for hydroxylation is 2. The highest BCUT2D eigenvalue weighted by molar-refractivity contribution is 5.74. The van der Waals surface area contributed by atoms with Gasteiger partial charge in [-0.1, -0.05) is 12.1 Å². The van der Waals surface area contributed by atoms with E-state index in [4.69, 9.17) is 9.47 Å². The van der Waals surface area contributed by atoms with Gasteiger partial charge in [0.1, 0.15) is 5.75 Å². The second kappa shape index (κ2) is 6.94. The lowest BCUT2D eigenvalue weighted by molar-refractivity contribution is -0.150. The molecule has 4 heteroatoms. The lowest BCUT2D eigenvalue weighted by Crippen LogP contribution is -2.26. The molecule has 1 fully saturated rings. The van der Waals surface area contributed by atoms with Crippen LogP contribution in [0.2, 0.25) is 0 Å². The average molecular weight is 291 g/mol. The van der Waals surface area contributed by atoms with Crippen LogP contribution in [0.1, 0.15) is 43.4 Å². The van der Waals surface area contributed by atoms with Crippen LogP contribution in [0.5, 0.6) is 5.75 Å². The molecule has 116 valence electrons. The van der Waals surface area contributed by atoms with Crippen molar-refractivity contribution in [3.8, 4) is 5.75 Å². The molecule has 1 atom stereocenters. The molecule has 4 nitrogen and oxygen atoms in total. The Balaban J connectivity index is 2.03. The Hall–Kier alpha value is -1.55. The normalized spacial score (nSPS) is 15.6. The van der Waals surface area contributed by atoms with E-state index in [9.17, 15) is 4.79 Å². The van der Waals surface area contributed by atoms with Crippen molar-refractivity contribution >= 4 is 5.97 Å². The van der Waals surface area contributed by atoms with Crippen molar-refractivity contribution in [2.24, 2.45) is 0 Å². The third-order valence-electron chi connectivity index (χ3n) is 3.61. The van der Waals surface area contributed by atoms with Crippen molar-refractivity contribution in [2.75, 3.05) is 6.61 Å². The molecular weight excluding hydrogens is 266 g/mol. The molecule has 0 aromatic heterocycles. The van der Waals surface area contributed by atoms with E-state index in [-0.39, 0.29) is 5.97 Å². The number of rotatable bonds is 7. The highest BCUT2D eigenvalue weighted by Crippen LogP contribution is 2.27. The number of hydrogen-bond donors (Lipinski definition) is 1. The highest BCUT2D eigenvalue weighted by atomic mass is 16.6. The first-order valence-corrected chi connectivity index (χ1v) is 7.68. The fraction of sp³-hybridized carbons (Fsp3) is 0.588. The highest BCUT2D eigenvalue weighted by Gasteiger charge is 2.21. The largest absolute Gasteiger partial charge is 0.478 e. The minimum atomic E-state index is -0.585. The van der Waals surface area contributed by atoms with Crippen LogP contribution < -0.4 is 10.1 Å². The van der Waals surface area contributed by atoms with Gasteiger partial charge in [0.15, 0.2) is 6.10 Å². The van der Waals surface area contributed by atoms with E-state index in [2.05, 4.69) is 17.4 Å². The summed E-state index contributed by atoms with van der Waals surface area (Å²) in [4.78, 5) is 11.7. The Labute approximate surface area is 126 Å². The first kappa shape index (κ1) is 15.8. The van der Waals surface area contributed by atoms with Gasteiger partial charge in [-0.15, -0.1) is 0 Å². The zero-order valence-electron chi connectivity index (χ0n) is 13.4. The van der Waals surface area contributed by atoms with Crippen LogP contribution in [-0.2, 0) is 16.1 Å². The first-order valence-electron chi connectivity index (χ1n) is 7.68. The summed E-state index contributed by atoms with van der Waals surface area (Å²) in [5, 5.41) is 3.51. The van der Waals surface area contributed by atoms with Gasteiger partial charge in [-0.25, -0.2) is 4.79 Å². The zero-order chi connectivity index (χ0) is 15.4. The molecule has 0 saturated heterocycles. The van der Waals surface area contributed by atoms with Crippen LogP contribution in [0, 0.1) is 13.8 Å². The minimum Gasteiger partial charge on any atom is -0.478 e. The summed E-state index contributed by atoms with van der Waals surface area (Å²) < 4.78 is 10.8. The number of nitrogens with one attached hydrogen (secondary N) is 1. The molecule has 1 aromatic carbocycles. The molecule has 1 saturated carbocycles. The molecule has 1 N–H and O–H groups in total. The molecule has 0 bridgehead atoms. The quantitative estimate of drug-likeness (QED) is 0.785. The van der Waals surface area contributed by atoms with Gasteiger partial charge in [0, 0.05) is 12.6 Å². The van der Waals surface area contributed by atoms with Gasteiger partial charge < -0.3 is 14.8 Å². The molecule has 0 aliphatic heterocycles. The summed E-state index contributed by atoms with van der Waals surface area (Å²) in [6.45, 7) is 8.81. The molecule has 1 aliphatic carbocycles. The Bertz CT molecular complexity index is 486. The van der Waals surface area contributed by atoms with Gasteiger partial charge in [-0.2, -0.15) is 0 Å². The van der Waals surface area contributed by atoms with E-state index < -0.39 is 6.10 Å². The van der Waals surface area contributed by atoms with Gasteiger partial charge in [0.25, 0.3) is 0 Å². The molecule has 2 rings (SSSR count). The smallest absolute Gasteiger partial charge is 0.347 e. The molecule has 0 radical (unpaired) electrons. The fourth-order valence-electron chi connectivity index (χ4n) is 2.36. The Morgan fingerprint density at radius 3 is 2.48 bits per heavy atom. The number of carbonyl (C=O) groups excluding carboxylic acids is 1. The van der Waals surface area contributed by atoms with Crippen LogP contribution in [0.3, 0.4) is 0 Å². The van der Waals surface area contributed by atoms with Gasteiger partial charge in [-0.3, -0.25) is 0 Å². The molecule has 0 heterocycles. The van der Waals surface area contributed by atoms with Crippen molar-refractivity contribution in [2.45, 2.75) is 59.2 Å². The molecule has 21 heavy (non-hydrogen) atoms. The van der Waals surface area contributed by atoms with E-state index in [0.717, 1.165) is 23.4 Å². The Morgan fingerprint density at radius 2 is 1.95 bits per heavy atom. The number of hydrogen-bond acceptors (Lipinski definition) is 4. The van der Waals surface area contributed by atoms with Crippen molar-refractivity contribution in [1.29, 1.82) is 0 Å². The van der Waals surface area contributed by atoms with Gasteiger partial charge in [-0.05, 0) is 57.2 Å². The van der Waals surface area contributed by atoms with Gasteiger partial charge in [0.05, 0.1) is 6.61 Å². The average Bonchev–Trinajstić information content (AvgIpc) is 3.24. The van der Waals surface area contributed by atoms with Crippen LogP contribution in [0.25, 0.3) is 0 Å². The summed E-state index contributed by atoms with van der Waals surface area (Å²) >= 11 is 0. The molecule has 1 aliphatic rings. The maximum absolute atomic E-state index is 11.7. The third kappa shape index (κ3) is 4.46. The maximum Gasteiger partial charge on any atom is 0.347 e. The van der Waals surface area contributed by atoms with Crippen molar-refractivity contribution < 1.29 is 14.3 Å². The predicted molar refractivity (Wildman–Crippen MR) is 82.5 cm³/mol. The van der Waals surface area contributed by atoms with E-state index in [1.807, 2.05) is 13.8 Å². The van der Waals surface area contributed by atoms with Crippen molar-refractivity contribution in [1.82, 2.24) is 5.32 Å². The van der Waals surface area contributed by atoms with Crippen LogP contribution in [0.4, 0.5) is 0 Å². The fourth-order valence-corrected chi connectivity index (χ4v) is 2.36. The molecular formula is C17H25NO3. The van der Waals surface area contributed by atoms with Crippen molar-refractivity contribution in [3.05, 3.63) is 28.8 Å². The summed E-state index contributed by atoms with van der Waals surface area (Å²) in [6, 6.07) is 4.94. The summed E-state index contributed by atoms with van der Waals surface area (Å²) in [5.41, 5.74) is 3.37. The standard InChI is InChI=1S/C17H25NO3/c1-5-20-17(19)13(4)21-16-11(2)8-14(9-12(16)3)10-18-15-6-7-15/h8-9,13,15,18H,5-7,10H2,1-4H3. The lowest BCUT2D eigenvalue weighted by Gasteiger charge is -2.18. The molecule has 1 unspecified atom stereocenters. The van der Waals surface area contributed by atoms with Crippen LogP contribution >= 0.6 is 0 Å². The second-order valence-electron chi connectivity index (χ2n) is 5.73. The number of carbonyl (C=O) groups is 1. The van der Waals surface area contributed by atoms with E-state index >= 15 is 0 Å². The number of benzene rings is 1. The van der Waals surface area contributed by atoms with Crippen molar-refractivity contribution in [3.63, 3.8) is 0 Å². The van der Waals surface area contributed by atoms with Gasteiger partial charge in [0.2, 0.25) is 0 Å². The Morgan fingerprint density at radius 1 is 1.33 bits per heavy atom. The topological polar surface area (TPSA) is 47.6 Å². The molecule has 0 spiro atoms. The second-order valence-corrected chi connectivity index (χ2v) is 5.73. The third-order valence-corrected chi connectivity index (χ3v) is 3.61. The SMILES string of the molecule is CCOC(=O)C(C)Oc1c(C)cc(CNC2CC2)cc1C. The summed E-state index contributed by atoms with van der Waals surface area (Å²) in [5.74, 6) is 0.460. The predicted octanol–water partition coefficient (Wildman–Crippen LogP) is 2.89. The minimum absolute atomic E-state index is 0.323. The summed E-state index contributed by atoms with van der Waals surface area (Å²) in [6.07, 6.45) is 1.99. The maximum atomic E-state index is 11.7.